The smallest absolute Gasteiger partial charge is 0.416 e. The first kappa shape index (κ1) is 18.7. The molecule has 1 fully saturated rings. The fourth-order valence-corrected chi connectivity index (χ4v) is 2.03. The van der Waals surface area contributed by atoms with Crippen LogP contribution in [0.3, 0.4) is 0 Å². The van der Waals surface area contributed by atoms with Crippen LogP contribution in [0.1, 0.15) is 17.2 Å². The zero-order valence-electron chi connectivity index (χ0n) is 10.3. The van der Waals surface area contributed by atoms with Crippen LogP contribution in [0, 0.1) is 5.82 Å². The molecule has 0 aliphatic carbocycles. The third-order valence-electron chi connectivity index (χ3n) is 2.77. The van der Waals surface area contributed by atoms with E-state index >= 15 is 0 Å². The lowest BCUT2D eigenvalue weighted by molar-refractivity contribution is -0.138. The van der Waals surface area contributed by atoms with Gasteiger partial charge in [-0.25, -0.2) is 18.0 Å². The Balaban J connectivity index is 0.00000242. The average Bonchev–Trinajstić information content (AvgIpc) is 2.34. The highest BCUT2D eigenvalue weighted by Crippen LogP contribution is 2.40. The Morgan fingerprint density at radius 3 is 2.45 bits per heavy atom. The molecule has 1 heterocycles. The van der Waals surface area contributed by atoms with Gasteiger partial charge in [0, 0.05) is 5.56 Å². The first-order chi connectivity index (χ1) is 9.52. The Bertz CT molecular complexity index is 593. The Labute approximate surface area is 131 Å². The summed E-state index contributed by atoms with van der Waals surface area (Å²) < 4.78 is 83.0. The fourth-order valence-electron chi connectivity index (χ4n) is 1.80. The molecule has 0 radical (unpaired) electrons. The van der Waals surface area contributed by atoms with Gasteiger partial charge in [-0.05, 0) is 12.1 Å². The van der Waals surface area contributed by atoms with Crippen LogP contribution in [-0.4, -0.2) is 18.6 Å². The predicted molar refractivity (Wildman–Crippen MR) is 65.8 cm³/mol. The van der Waals surface area contributed by atoms with Gasteiger partial charge in [0.2, 0.25) is 0 Å². The molecule has 1 aromatic carbocycles. The zero-order valence-corrected chi connectivity index (χ0v) is 11.9. The highest BCUT2D eigenvalue weighted by molar-refractivity contribution is 6.30. The maximum atomic E-state index is 13.8. The highest BCUT2D eigenvalue weighted by atomic mass is 35.5. The van der Waals surface area contributed by atoms with Crippen molar-refractivity contribution in [1.82, 2.24) is 5.32 Å². The van der Waals surface area contributed by atoms with Gasteiger partial charge in [-0.2, -0.15) is 13.2 Å². The van der Waals surface area contributed by atoms with Gasteiger partial charge < -0.3 is 10.1 Å². The number of ether oxygens (including phenoxy) is 1. The lowest BCUT2D eigenvalue weighted by atomic mass is 9.97. The van der Waals surface area contributed by atoms with E-state index in [-0.39, 0.29) is 24.5 Å². The standard InChI is InChI=1S/C11H6ClF6NO2.ClH/c12-6-2-4(11(16,17)18)1-5(7(6)13)8-10(14,15)3-21-9(20)19-8;/h1-2,8H,3H2,(H,19,20);1H/t8-;/m1./s1. The summed E-state index contributed by atoms with van der Waals surface area (Å²) in [5, 5.41) is 0.617. The van der Waals surface area contributed by atoms with Crippen molar-refractivity contribution >= 4 is 30.1 Å². The summed E-state index contributed by atoms with van der Waals surface area (Å²) in [5.41, 5.74) is -2.46. The van der Waals surface area contributed by atoms with Gasteiger partial charge in [0.1, 0.15) is 11.9 Å². The lowest BCUT2D eigenvalue weighted by Crippen LogP contribution is -2.50. The van der Waals surface area contributed by atoms with Crippen molar-refractivity contribution in [2.45, 2.75) is 18.1 Å². The molecule has 0 saturated carbocycles. The summed E-state index contributed by atoms with van der Waals surface area (Å²) in [5.74, 6) is -5.25. The Morgan fingerprint density at radius 1 is 1.32 bits per heavy atom. The van der Waals surface area contributed by atoms with Crippen LogP contribution in [0.15, 0.2) is 12.1 Å². The van der Waals surface area contributed by atoms with E-state index in [1.807, 2.05) is 0 Å². The van der Waals surface area contributed by atoms with E-state index in [1.54, 1.807) is 5.32 Å². The third-order valence-corrected chi connectivity index (χ3v) is 3.05. The van der Waals surface area contributed by atoms with E-state index < -0.39 is 52.8 Å². The monoisotopic (exact) mass is 369 g/mol. The Morgan fingerprint density at radius 2 is 1.91 bits per heavy atom. The predicted octanol–water partition coefficient (Wildman–Crippen LogP) is 4.34. The summed E-state index contributed by atoms with van der Waals surface area (Å²) in [4.78, 5) is 11.0. The molecule has 22 heavy (non-hydrogen) atoms. The number of amides is 1. The molecule has 1 amide bonds. The maximum Gasteiger partial charge on any atom is 0.416 e. The number of cyclic esters (lactones) is 1. The van der Waals surface area contributed by atoms with Crippen LogP contribution in [0.4, 0.5) is 31.1 Å². The molecule has 1 aromatic rings. The molecule has 124 valence electrons. The number of carbonyl (C=O) groups is 1. The van der Waals surface area contributed by atoms with E-state index in [0.717, 1.165) is 0 Å². The molecule has 2 rings (SSSR count). The van der Waals surface area contributed by atoms with E-state index in [4.69, 9.17) is 11.6 Å². The second-order valence-electron chi connectivity index (χ2n) is 4.27. The lowest BCUT2D eigenvalue weighted by Gasteiger charge is -2.32. The van der Waals surface area contributed by atoms with Gasteiger partial charge in [-0.3, -0.25) is 0 Å². The molecule has 1 atom stereocenters. The molecule has 1 aliphatic heterocycles. The minimum Gasteiger partial charge on any atom is -0.443 e. The number of hydrogen-bond donors (Lipinski definition) is 1. The molecular formula is C11H7Cl2F6NO2. The highest BCUT2D eigenvalue weighted by Gasteiger charge is 2.48. The van der Waals surface area contributed by atoms with Gasteiger partial charge in [-0.15, -0.1) is 12.4 Å². The topological polar surface area (TPSA) is 38.3 Å². The van der Waals surface area contributed by atoms with Gasteiger partial charge in [-0.1, -0.05) is 11.6 Å². The number of halogens is 8. The molecule has 1 aliphatic rings. The third kappa shape index (κ3) is 3.52. The van der Waals surface area contributed by atoms with E-state index in [0.29, 0.717) is 0 Å². The Kier molecular flexibility index (Phi) is 5.13. The molecule has 11 heteroatoms. The van der Waals surface area contributed by atoms with Crippen LogP contribution in [0.2, 0.25) is 5.02 Å². The van der Waals surface area contributed by atoms with Crippen LogP contribution in [0.5, 0.6) is 0 Å². The number of alkyl halides is 5. The van der Waals surface area contributed by atoms with Gasteiger partial charge in [0.15, 0.2) is 6.61 Å². The van der Waals surface area contributed by atoms with Crippen LogP contribution >= 0.6 is 24.0 Å². The van der Waals surface area contributed by atoms with Crippen molar-refractivity contribution in [3.05, 3.63) is 34.1 Å². The van der Waals surface area contributed by atoms with E-state index in [9.17, 15) is 31.1 Å². The number of rotatable bonds is 1. The van der Waals surface area contributed by atoms with Crippen LogP contribution < -0.4 is 5.32 Å². The summed E-state index contributed by atoms with van der Waals surface area (Å²) in [6, 6.07) is -1.84. The molecule has 3 nitrogen and oxygen atoms in total. The fraction of sp³-hybridized carbons (Fsp3) is 0.364. The van der Waals surface area contributed by atoms with Crippen molar-refractivity contribution in [2.75, 3.05) is 6.61 Å². The number of carbonyl (C=O) groups excluding carboxylic acids is 1. The van der Waals surface area contributed by atoms with Gasteiger partial charge >= 0.3 is 18.2 Å². The number of nitrogens with one attached hydrogen (secondary N) is 1. The average molecular weight is 370 g/mol. The second kappa shape index (κ2) is 6.04. The largest absolute Gasteiger partial charge is 0.443 e. The molecule has 0 bridgehead atoms. The number of hydrogen-bond acceptors (Lipinski definition) is 2. The summed E-state index contributed by atoms with van der Waals surface area (Å²) in [7, 11) is 0. The summed E-state index contributed by atoms with van der Waals surface area (Å²) in [6.45, 7) is -1.38. The molecule has 1 N–H and O–H groups in total. The Hall–Kier alpha value is -1.35. The number of benzene rings is 1. The molecular weight excluding hydrogens is 363 g/mol. The summed E-state index contributed by atoms with van der Waals surface area (Å²) >= 11 is 5.31. The number of alkyl carbamates (subject to hydrolysis) is 1. The minimum atomic E-state index is -4.91. The minimum absolute atomic E-state index is 0. The molecule has 0 aromatic heterocycles. The van der Waals surface area contributed by atoms with Crippen LogP contribution in [-0.2, 0) is 10.9 Å². The quantitative estimate of drug-likeness (QED) is 0.748. The first-order valence-electron chi connectivity index (χ1n) is 5.39. The van der Waals surface area contributed by atoms with Crippen molar-refractivity contribution in [3.63, 3.8) is 0 Å². The zero-order chi connectivity index (χ0) is 16.0. The second-order valence-corrected chi connectivity index (χ2v) is 4.68. The van der Waals surface area contributed by atoms with E-state index in [2.05, 4.69) is 4.74 Å². The van der Waals surface area contributed by atoms with Crippen molar-refractivity contribution in [3.8, 4) is 0 Å². The van der Waals surface area contributed by atoms with Gasteiger partial charge in [0.25, 0.3) is 0 Å². The van der Waals surface area contributed by atoms with Crippen molar-refractivity contribution in [2.24, 2.45) is 0 Å². The molecule has 0 spiro atoms. The van der Waals surface area contributed by atoms with E-state index in [1.165, 1.54) is 0 Å². The maximum absolute atomic E-state index is 13.8. The normalized spacial score (nSPS) is 20.7. The first-order valence-corrected chi connectivity index (χ1v) is 5.77. The molecule has 1 saturated heterocycles. The van der Waals surface area contributed by atoms with Gasteiger partial charge in [0.05, 0.1) is 10.6 Å². The SMILES string of the molecule is Cl.O=C1N[C@H](c2cc(C(F)(F)F)cc(Cl)c2F)C(F)(F)CO1. The van der Waals surface area contributed by atoms with Crippen molar-refractivity contribution in [1.29, 1.82) is 0 Å². The van der Waals surface area contributed by atoms with Crippen LogP contribution in [0.25, 0.3) is 0 Å². The summed E-state index contributed by atoms with van der Waals surface area (Å²) in [6.07, 6.45) is -6.20. The molecule has 0 unspecified atom stereocenters. The van der Waals surface area contributed by atoms with Crippen molar-refractivity contribution < 1.29 is 35.9 Å².